The molecule has 0 bridgehead atoms. The van der Waals surface area contributed by atoms with Gasteiger partial charge < -0.3 is 4.74 Å². The molecule has 0 radical (unpaired) electrons. The molecule has 4 rings (SSSR count). The van der Waals surface area contributed by atoms with Crippen LogP contribution in [0.15, 0.2) is 66.7 Å². The average molecular weight is 399 g/mol. The zero-order valence-electron chi connectivity index (χ0n) is 17.1. The molecule has 0 saturated carbocycles. The van der Waals surface area contributed by atoms with E-state index in [1.165, 1.54) is 0 Å². The van der Waals surface area contributed by atoms with Gasteiger partial charge in [0.05, 0.1) is 17.3 Å². The van der Waals surface area contributed by atoms with Gasteiger partial charge in [0.2, 0.25) is 0 Å². The maximum atomic E-state index is 13.6. The van der Waals surface area contributed by atoms with Crippen molar-refractivity contribution < 1.29 is 9.53 Å². The first-order valence-corrected chi connectivity index (χ1v) is 10.4. The number of ether oxygens (including phenoxy) is 1. The van der Waals surface area contributed by atoms with Gasteiger partial charge in [0, 0.05) is 30.5 Å². The lowest BCUT2D eigenvalue weighted by Gasteiger charge is -2.42. The molecule has 0 N–H and O–H groups in total. The van der Waals surface area contributed by atoms with Crippen LogP contribution in [0.5, 0.6) is 0 Å². The van der Waals surface area contributed by atoms with Crippen LogP contribution in [0.3, 0.4) is 0 Å². The van der Waals surface area contributed by atoms with Crippen molar-refractivity contribution in [2.45, 2.75) is 25.9 Å². The number of hydrogen-bond donors (Lipinski definition) is 0. The Labute approximate surface area is 177 Å². The molecular weight excluding hydrogens is 374 g/mol. The summed E-state index contributed by atoms with van der Waals surface area (Å²) in [5, 5.41) is 15.3. The first kappa shape index (κ1) is 19.9. The number of carbonyl (C=O) groups excluding carboxylic acids is 1. The highest BCUT2D eigenvalue weighted by Gasteiger charge is 2.32. The Kier molecular flexibility index (Phi) is 5.97. The summed E-state index contributed by atoms with van der Waals surface area (Å²) in [4.78, 5) is 13.6. The van der Waals surface area contributed by atoms with Crippen LogP contribution in [0.25, 0.3) is 10.8 Å². The Bertz CT molecular complexity index is 1070. The highest BCUT2D eigenvalue weighted by molar-refractivity contribution is 5.98. The van der Waals surface area contributed by atoms with Gasteiger partial charge in [0.15, 0.2) is 6.10 Å². The van der Waals surface area contributed by atoms with E-state index in [4.69, 9.17) is 4.74 Å². The summed E-state index contributed by atoms with van der Waals surface area (Å²) in [6.07, 6.45) is 1.31. The van der Waals surface area contributed by atoms with Crippen molar-refractivity contribution in [3.05, 3.63) is 77.9 Å². The topological polar surface area (TPSA) is 56.6 Å². The minimum atomic E-state index is -0.638. The smallest absolute Gasteiger partial charge is 0.274 e. The predicted molar refractivity (Wildman–Crippen MR) is 118 cm³/mol. The summed E-state index contributed by atoms with van der Waals surface area (Å²) in [6, 6.07) is 23.6. The van der Waals surface area contributed by atoms with Gasteiger partial charge in [-0.05, 0) is 37.5 Å². The number of rotatable bonds is 5. The number of amides is 1. The van der Waals surface area contributed by atoms with E-state index in [2.05, 4.69) is 11.1 Å². The summed E-state index contributed by atoms with van der Waals surface area (Å²) in [5.74, 6) is -0.0591. The lowest BCUT2D eigenvalue weighted by molar-refractivity contribution is -0.145. The molecular formula is C25H25N3O2. The van der Waals surface area contributed by atoms with Crippen LogP contribution in [0.2, 0.25) is 0 Å². The maximum absolute atomic E-state index is 13.6. The van der Waals surface area contributed by atoms with E-state index in [0.29, 0.717) is 18.7 Å². The highest BCUT2D eigenvalue weighted by atomic mass is 16.5. The SMILES string of the molecule is CCOC(C(=O)N1CCCCN1c1ccc(C#N)c2ccccc12)c1ccccc1. The first-order chi connectivity index (χ1) is 14.7. The van der Waals surface area contributed by atoms with Crippen molar-refractivity contribution in [2.24, 2.45) is 0 Å². The lowest BCUT2D eigenvalue weighted by atomic mass is 10.0. The van der Waals surface area contributed by atoms with Crippen LogP contribution in [0.1, 0.15) is 37.0 Å². The Morgan fingerprint density at radius 1 is 1.00 bits per heavy atom. The van der Waals surface area contributed by atoms with E-state index in [9.17, 15) is 10.1 Å². The molecule has 0 spiro atoms. The van der Waals surface area contributed by atoms with Crippen LogP contribution in [-0.2, 0) is 9.53 Å². The third-order valence-corrected chi connectivity index (χ3v) is 5.50. The number of carbonyl (C=O) groups is 1. The fourth-order valence-corrected chi connectivity index (χ4v) is 4.09. The number of nitriles is 1. The van der Waals surface area contributed by atoms with Crippen molar-refractivity contribution in [3.8, 4) is 6.07 Å². The molecule has 3 aromatic carbocycles. The van der Waals surface area contributed by atoms with E-state index in [0.717, 1.165) is 41.4 Å². The van der Waals surface area contributed by atoms with E-state index >= 15 is 0 Å². The van der Waals surface area contributed by atoms with E-state index in [1.54, 1.807) is 0 Å². The zero-order valence-corrected chi connectivity index (χ0v) is 17.1. The molecule has 1 saturated heterocycles. The Morgan fingerprint density at radius 3 is 2.43 bits per heavy atom. The highest BCUT2D eigenvalue weighted by Crippen LogP contribution is 2.33. The van der Waals surface area contributed by atoms with E-state index < -0.39 is 6.10 Å². The van der Waals surface area contributed by atoms with Crippen LogP contribution in [0.4, 0.5) is 5.69 Å². The molecule has 1 aliphatic heterocycles. The molecule has 3 aromatic rings. The molecule has 0 aliphatic carbocycles. The molecule has 1 fully saturated rings. The third-order valence-electron chi connectivity index (χ3n) is 5.50. The second-order valence-electron chi connectivity index (χ2n) is 7.33. The molecule has 5 heteroatoms. The number of hydrazine groups is 1. The largest absolute Gasteiger partial charge is 0.364 e. The first-order valence-electron chi connectivity index (χ1n) is 10.4. The standard InChI is InChI=1S/C25H25N3O2/c1-2-30-24(19-10-4-3-5-11-19)25(29)28-17-9-8-16-27(28)23-15-14-20(18-26)21-12-6-7-13-22(21)23/h3-7,10-15,24H,2,8-9,16-17H2,1H3. The number of benzene rings is 3. The summed E-state index contributed by atoms with van der Waals surface area (Å²) >= 11 is 0. The van der Waals surface area contributed by atoms with Crippen LogP contribution < -0.4 is 5.01 Å². The molecule has 152 valence electrons. The molecule has 1 heterocycles. The van der Waals surface area contributed by atoms with Crippen molar-refractivity contribution >= 4 is 22.4 Å². The van der Waals surface area contributed by atoms with Gasteiger partial charge >= 0.3 is 0 Å². The minimum absolute atomic E-state index is 0.0591. The fourth-order valence-electron chi connectivity index (χ4n) is 4.09. The lowest BCUT2D eigenvalue weighted by Crippen LogP contribution is -2.52. The molecule has 0 aromatic heterocycles. The monoisotopic (exact) mass is 399 g/mol. The van der Waals surface area contributed by atoms with Crippen LogP contribution >= 0.6 is 0 Å². The van der Waals surface area contributed by atoms with Crippen LogP contribution in [-0.4, -0.2) is 30.6 Å². The molecule has 1 atom stereocenters. The van der Waals surface area contributed by atoms with Crippen molar-refractivity contribution in [1.29, 1.82) is 5.26 Å². The van der Waals surface area contributed by atoms with E-state index in [-0.39, 0.29) is 5.91 Å². The van der Waals surface area contributed by atoms with Crippen molar-refractivity contribution in [3.63, 3.8) is 0 Å². The number of nitrogens with zero attached hydrogens (tertiary/aromatic N) is 3. The molecule has 30 heavy (non-hydrogen) atoms. The molecule has 1 unspecified atom stereocenters. The van der Waals surface area contributed by atoms with Gasteiger partial charge in [0.25, 0.3) is 5.91 Å². The number of fused-ring (bicyclic) bond motifs is 1. The van der Waals surface area contributed by atoms with Gasteiger partial charge in [-0.2, -0.15) is 5.26 Å². The van der Waals surface area contributed by atoms with Gasteiger partial charge in [-0.3, -0.25) is 14.8 Å². The van der Waals surface area contributed by atoms with Crippen molar-refractivity contribution in [2.75, 3.05) is 24.7 Å². The maximum Gasteiger partial charge on any atom is 0.274 e. The van der Waals surface area contributed by atoms with Crippen molar-refractivity contribution in [1.82, 2.24) is 5.01 Å². The number of anilines is 1. The molecule has 1 amide bonds. The fraction of sp³-hybridized carbons (Fsp3) is 0.280. The Morgan fingerprint density at radius 2 is 1.70 bits per heavy atom. The number of hydrogen-bond acceptors (Lipinski definition) is 4. The summed E-state index contributed by atoms with van der Waals surface area (Å²) < 4.78 is 5.89. The zero-order chi connectivity index (χ0) is 20.9. The quantitative estimate of drug-likeness (QED) is 0.616. The summed E-state index contributed by atoms with van der Waals surface area (Å²) in [6.45, 7) is 3.75. The second kappa shape index (κ2) is 8.98. The third kappa shape index (κ3) is 3.74. The summed E-state index contributed by atoms with van der Waals surface area (Å²) in [5.41, 5.74) is 2.45. The summed E-state index contributed by atoms with van der Waals surface area (Å²) in [7, 11) is 0. The predicted octanol–water partition coefficient (Wildman–Crippen LogP) is 4.83. The van der Waals surface area contributed by atoms with Gasteiger partial charge in [-0.15, -0.1) is 0 Å². The van der Waals surface area contributed by atoms with Gasteiger partial charge in [0.1, 0.15) is 0 Å². The minimum Gasteiger partial charge on any atom is -0.364 e. The van der Waals surface area contributed by atoms with E-state index in [1.807, 2.05) is 78.7 Å². The van der Waals surface area contributed by atoms with Gasteiger partial charge in [-0.1, -0.05) is 54.6 Å². The molecule has 5 nitrogen and oxygen atoms in total. The Hall–Kier alpha value is -3.36. The second-order valence-corrected chi connectivity index (χ2v) is 7.33. The normalized spacial score (nSPS) is 15.1. The Balaban J connectivity index is 1.74. The average Bonchev–Trinajstić information content (AvgIpc) is 2.82. The molecule has 1 aliphatic rings. The van der Waals surface area contributed by atoms with Gasteiger partial charge in [-0.25, -0.2) is 0 Å². The van der Waals surface area contributed by atoms with Crippen LogP contribution in [0, 0.1) is 11.3 Å².